The number of methoxy groups -OCH3 is 1. The minimum Gasteiger partial charge on any atom is -0.417 e. The predicted molar refractivity (Wildman–Crippen MR) is 76.5 cm³/mol. The first-order valence-electron chi connectivity index (χ1n) is 6.84. The number of rotatable bonds is 9. The topological polar surface area (TPSA) is 49.0 Å². The molecule has 1 aromatic carbocycles. The molecule has 2 atom stereocenters. The predicted octanol–water partition coefficient (Wildman–Crippen LogP) is 0.930. The first-order valence-corrected chi connectivity index (χ1v) is 6.84. The summed E-state index contributed by atoms with van der Waals surface area (Å²) in [5, 5.41) is 3.22. The van der Waals surface area contributed by atoms with Gasteiger partial charge in [-0.3, -0.25) is 0 Å². The van der Waals surface area contributed by atoms with Crippen LogP contribution >= 0.6 is 0 Å². The van der Waals surface area contributed by atoms with Crippen LogP contribution in [0.25, 0.3) is 0 Å². The normalized spacial score (nSPS) is 21.9. The van der Waals surface area contributed by atoms with Gasteiger partial charge in [-0.15, -0.1) is 0 Å². The zero-order chi connectivity index (χ0) is 14.0. The molecule has 0 aromatic heterocycles. The van der Waals surface area contributed by atoms with Crippen molar-refractivity contribution in [2.75, 3.05) is 40.1 Å². The Morgan fingerprint density at radius 3 is 2.65 bits per heavy atom. The molecule has 5 nitrogen and oxygen atoms in total. The van der Waals surface area contributed by atoms with Crippen LogP contribution in [0.1, 0.15) is 11.6 Å². The molecule has 109 valence electrons. The van der Waals surface area contributed by atoms with Crippen LogP contribution in [0.15, 0.2) is 30.3 Å². The lowest BCUT2D eigenvalue weighted by atomic mass is 10.0. The molecule has 2 rings (SSSR count). The molecule has 20 heavy (non-hydrogen) atoms. The fourth-order valence-corrected chi connectivity index (χ4v) is 2.05. The fourth-order valence-electron chi connectivity index (χ4n) is 2.05. The Balaban J connectivity index is 1.65. The van der Waals surface area contributed by atoms with Gasteiger partial charge in [0.1, 0.15) is 0 Å². The Bertz CT molecular complexity index is 365. The molecular formula is C14H21BNO4. The highest BCUT2D eigenvalue weighted by Gasteiger charge is 2.29. The molecule has 1 aliphatic rings. The van der Waals surface area contributed by atoms with Crippen molar-refractivity contribution in [3.63, 3.8) is 0 Å². The van der Waals surface area contributed by atoms with E-state index in [9.17, 15) is 0 Å². The third kappa shape index (κ3) is 4.88. The minimum atomic E-state index is -0.00336. The lowest BCUT2D eigenvalue weighted by Gasteiger charge is -2.19. The molecule has 1 aliphatic heterocycles. The maximum atomic E-state index is 5.60. The van der Waals surface area contributed by atoms with Crippen LogP contribution < -0.4 is 5.23 Å². The zero-order valence-corrected chi connectivity index (χ0v) is 11.8. The van der Waals surface area contributed by atoms with Crippen molar-refractivity contribution >= 4 is 7.62 Å². The molecule has 1 aromatic rings. The van der Waals surface area contributed by atoms with Crippen LogP contribution in [-0.4, -0.2) is 53.9 Å². The number of hydrogen-bond acceptors (Lipinski definition) is 5. The van der Waals surface area contributed by atoms with E-state index in [0.29, 0.717) is 33.0 Å². The van der Waals surface area contributed by atoms with Crippen molar-refractivity contribution in [3.8, 4) is 0 Å². The van der Waals surface area contributed by atoms with Crippen LogP contribution in [0, 0.1) is 0 Å². The van der Waals surface area contributed by atoms with E-state index in [1.807, 2.05) is 18.2 Å². The highest BCUT2D eigenvalue weighted by Crippen LogP contribution is 2.22. The maximum absolute atomic E-state index is 5.60. The molecular weight excluding hydrogens is 257 g/mol. The van der Waals surface area contributed by atoms with Gasteiger partial charge in [0.15, 0.2) is 0 Å². The van der Waals surface area contributed by atoms with E-state index in [1.165, 1.54) is 5.56 Å². The van der Waals surface area contributed by atoms with Crippen LogP contribution in [0.3, 0.4) is 0 Å². The average molecular weight is 278 g/mol. The number of nitrogens with one attached hydrogen (secondary N) is 1. The molecule has 0 amide bonds. The summed E-state index contributed by atoms with van der Waals surface area (Å²) in [5.41, 5.74) is 1.20. The van der Waals surface area contributed by atoms with Crippen molar-refractivity contribution in [1.82, 2.24) is 5.23 Å². The molecule has 0 saturated carbocycles. The quantitative estimate of drug-likeness (QED) is 0.538. The third-order valence-corrected chi connectivity index (χ3v) is 3.11. The molecule has 1 radical (unpaired) electrons. The van der Waals surface area contributed by atoms with E-state index in [4.69, 9.17) is 18.9 Å². The van der Waals surface area contributed by atoms with E-state index in [-0.39, 0.29) is 12.1 Å². The smallest absolute Gasteiger partial charge is 0.396 e. The molecule has 1 heterocycles. The van der Waals surface area contributed by atoms with Gasteiger partial charge < -0.3 is 24.1 Å². The summed E-state index contributed by atoms with van der Waals surface area (Å²) in [6.45, 7) is 2.88. The van der Waals surface area contributed by atoms with E-state index in [0.717, 1.165) is 0 Å². The first kappa shape index (κ1) is 15.5. The second-order valence-electron chi connectivity index (χ2n) is 4.53. The number of benzene rings is 1. The standard InChI is InChI=1S/C14H21BNO4/c1-17-7-8-18-9-10-19-11-13-14(16-15-20-13)12-5-3-2-4-6-12/h2-6,13-14,16H,7-11H2,1H3/t13-,14+/m0/s1. The second-order valence-corrected chi connectivity index (χ2v) is 4.53. The van der Waals surface area contributed by atoms with Gasteiger partial charge in [-0.05, 0) is 5.56 Å². The SMILES string of the molecule is COCCOCCOC[C@@H]1O[B]N[C@@H]1c1ccccc1. The fraction of sp³-hybridized carbons (Fsp3) is 0.571. The number of ether oxygens (including phenoxy) is 3. The van der Waals surface area contributed by atoms with E-state index >= 15 is 0 Å². The zero-order valence-electron chi connectivity index (χ0n) is 11.8. The monoisotopic (exact) mass is 278 g/mol. The third-order valence-electron chi connectivity index (χ3n) is 3.11. The summed E-state index contributed by atoms with van der Waals surface area (Å²) < 4.78 is 21.4. The second kappa shape index (κ2) is 9.10. The van der Waals surface area contributed by atoms with Crippen LogP contribution in [-0.2, 0) is 18.9 Å². The van der Waals surface area contributed by atoms with Gasteiger partial charge in [0.2, 0.25) is 0 Å². The Morgan fingerprint density at radius 1 is 1.10 bits per heavy atom. The van der Waals surface area contributed by atoms with E-state index in [2.05, 4.69) is 17.4 Å². The summed E-state index contributed by atoms with van der Waals surface area (Å²) in [5.74, 6) is 0. The van der Waals surface area contributed by atoms with Crippen LogP contribution in [0.2, 0.25) is 0 Å². The van der Waals surface area contributed by atoms with E-state index < -0.39 is 0 Å². The summed E-state index contributed by atoms with van der Waals surface area (Å²) in [4.78, 5) is 0. The van der Waals surface area contributed by atoms with Gasteiger partial charge >= 0.3 is 7.62 Å². The Labute approximate surface area is 120 Å². The summed E-state index contributed by atoms with van der Waals surface area (Å²) in [6, 6.07) is 10.4. The average Bonchev–Trinajstić information content (AvgIpc) is 2.96. The molecule has 0 bridgehead atoms. The Kier molecular flexibility index (Phi) is 7.04. The largest absolute Gasteiger partial charge is 0.417 e. The van der Waals surface area contributed by atoms with E-state index in [1.54, 1.807) is 14.7 Å². The van der Waals surface area contributed by atoms with Gasteiger partial charge in [-0.25, -0.2) is 0 Å². The summed E-state index contributed by atoms with van der Waals surface area (Å²) in [6.07, 6.45) is -0.00336. The van der Waals surface area contributed by atoms with Crippen molar-refractivity contribution in [1.29, 1.82) is 0 Å². The highest BCUT2D eigenvalue weighted by atomic mass is 16.6. The molecule has 1 fully saturated rings. The van der Waals surface area contributed by atoms with Gasteiger partial charge in [-0.2, -0.15) is 0 Å². The lowest BCUT2D eigenvalue weighted by Crippen LogP contribution is -2.26. The van der Waals surface area contributed by atoms with Gasteiger partial charge in [0.25, 0.3) is 0 Å². The van der Waals surface area contributed by atoms with Gasteiger partial charge in [0, 0.05) is 7.11 Å². The summed E-state index contributed by atoms with van der Waals surface area (Å²) in [7, 11) is 3.30. The van der Waals surface area contributed by atoms with Gasteiger partial charge in [0.05, 0.1) is 45.2 Å². The lowest BCUT2D eigenvalue weighted by molar-refractivity contribution is 0.00102. The first-order chi connectivity index (χ1) is 9.92. The van der Waals surface area contributed by atoms with Crippen LogP contribution in [0.4, 0.5) is 0 Å². The molecule has 6 heteroatoms. The molecule has 1 N–H and O–H groups in total. The molecule has 1 saturated heterocycles. The Morgan fingerprint density at radius 2 is 1.85 bits per heavy atom. The summed E-state index contributed by atoms with van der Waals surface area (Å²) >= 11 is 0. The van der Waals surface area contributed by atoms with Crippen molar-refractivity contribution in [2.24, 2.45) is 0 Å². The van der Waals surface area contributed by atoms with Crippen molar-refractivity contribution < 1.29 is 18.9 Å². The highest BCUT2D eigenvalue weighted by molar-refractivity contribution is 6.24. The number of hydrogen-bond donors (Lipinski definition) is 1. The van der Waals surface area contributed by atoms with Crippen molar-refractivity contribution in [3.05, 3.63) is 35.9 Å². The maximum Gasteiger partial charge on any atom is 0.396 e. The van der Waals surface area contributed by atoms with Gasteiger partial charge in [-0.1, -0.05) is 30.3 Å². The minimum absolute atomic E-state index is 0.00336. The Hall–Kier alpha value is -0.915. The van der Waals surface area contributed by atoms with Crippen molar-refractivity contribution in [2.45, 2.75) is 12.1 Å². The molecule has 0 unspecified atom stereocenters. The van der Waals surface area contributed by atoms with Crippen LogP contribution in [0.5, 0.6) is 0 Å². The molecule has 0 spiro atoms. The molecule has 0 aliphatic carbocycles.